The SMILES string of the molecule is CN(C)S(=O)(=O)c1ccc(NC(CN)C2CCCC2)cc1. The van der Waals surface area contributed by atoms with Gasteiger partial charge < -0.3 is 11.1 Å². The highest BCUT2D eigenvalue weighted by atomic mass is 32.2. The highest BCUT2D eigenvalue weighted by molar-refractivity contribution is 7.89. The average Bonchev–Trinajstić information content (AvgIpc) is 2.99. The van der Waals surface area contributed by atoms with Crippen LogP contribution in [-0.4, -0.2) is 39.4 Å². The molecule has 0 radical (unpaired) electrons. The van der Waals surface area contributed by atoms with E-state index in [4.69, 9.17) is 5.73 Å². The summed E-state index contributed by atoms with van der Waals surface area (Å²) in [5.74, 6) is 0.625. The summed E-state index contributed by atoms with van der Waals surface area (Å²) in [5.41, 5.74) is 6.80. The number of nitrogens with one attached hydrogen (secondary N) is 1. The number of hydrogen-bond donors (Lipinski definition) is 2. The first kappa shape index (κ1) is 16.3. The quantitative estimate of drug-likeness (QED) is 0.841. The molecule has 2 rings (SSSR count). The van der Waals surface area contributed by atoms with Crippen molar-refractivity contribution in [2.75, 3.05) is 26.0 Å². The van der Waals surface area contributed by atoms with Crippen molar-refractivity contribution < 1.29 is 8.42 Å². The van der Waals surface area contributed by atoms with Gasteiger partial charge in [0, 0.05) is 32.4 Å². The molecule has 1 aromatic carbocycles. The zero-order chi connectivity index (χ0) is 15.5. The predicted molar refractivity (Wildman–Crippen MR) is 85.7 cm³/mol. The lowest BCUT2D eigenvalue weighted by molar-refractivity contribution is 0.462. The average molecular weight is 311 g/mol. The van der Waals surface area contributed by atoms with E-state index in [2.05, 4.69) is 5.32 Å². The van der Waals surface area contributed by atoms with Crippen molar-refractivity contribution in [3.8, 4) is 0 Å². The molecule has 6 heteroatoms. The minimum absolute atomic E-state index is 0.267. The second-order valence-corrected chi connectivity index (χ2v) is 7.99. The lowest BCUT2D eigenvalue weighted by Crippen LogP contribution is -2.35. The van der Waals surface area contributed by atoms with Gasteiger partial charge in [-0.25, -0.2) is 12.7 Å². The third-order valence-corrected chi connectivity index (χ3v) is 6.04. The maximum absolute atomic E-state index is 12.0. The summed E-state index contributed by atoms with van der Waals surface area (Å²) in [6.45, 7) is 0.600. The van der Waals surface area contributed by atoms with Gasteiger partial charge in [-0.05, 0) is 43.0 Å². The van der Waals surface area contributed by atoms with E-state index >= 15 is 0 Å². The number of nitrogens with zero attached hydrogens (tertiary/aromatic N) is 1. The molecule has 0 saturated heterocycles. The molecule has 118 valence electrons. The predicted octanol–water partition coefficient (Wildman–Crippen LogP) is 1.87. The van der Waals surface area contributed by atoms with Crippen LogP contribution in [0.15, 0.2) is 29.2 Å². The zero-order valence-corrected chi connectivity index (χ0v) is 13.6. The summed E-state index contributed by atoms with van der Waals surface area (Å²) in [4.78, 5) is 0.309. The summed E-state index contributed by atoms with van der Waals surface area (Å²) in [5, 5.41) is 3.45. The van der Waals surface area contributed by atoms with Gasteiger partial charge in [0.15, 0.2) is 0 Å². The van der Waals surface area contributed by atoms with E-state index in [1.807, 2.05) is 12.1 Å². The number of rotatable bonds is 6. The van der Waals surface area contributed by atoms with Gasteiger partial charge in [-0.15, -0.1) is 0 Å². The topological polar surface area (TPSA) is 75.4 Å². The fraction of sp³-hybridized carbons (Fsp3) is 0.600. The molecule has 0 heterocycles. The van der Waals surface area contributed by atoms with E-state index in [9.17, 15) is 8.42 Å². The first-order valence-corrected chi connectivity index (χ1v) is 8.88. The molecule has 0 amide bonds. The summed E-state index contributed by atoms with van der Waals surface area (Å²) in [6, 6.07) is 7.17. The number of benzene rings is 1. The monoisotopic (exact) mass is 311 g/mol. The van der Waals surface area contributed by atoms with Crippen molar-refractivity contribution in [2.24, 2.45) is 11.7 Å². The minimum Gasteiger partial charge on any atom is -0.381 e. The highest BCUT2D eigenvalue weighted by Gasteiger charge is 2.24. The first-order chi connectivity index (χ1) is 9.95. The Morgan fingerprint density at radius 3 is 2.29 bits per heavy atom. The number of anilines is 1. The van der Waals surface area contributed by atoms with Crippen LogP contribution in [0.3, 0.4) is 0 Å². The van der Waals surface area contributed by atoms with Crippen molar-refractivity contribution in [3.63, 3.8) is 0 Å². The smallest absolute Gasteiger partial charge is 0.242 e. The third-order valence-electron chi connectivity index (χ3n) is 4.21. The maximum atomic E-state index is 12.0. The fourth-order valence-corrected chi connectivity index (χ4v) is 3.78. The van der Waals surface area contributed by atoms with E-state index < -0.39 is 10.0 Å². The largest absolute Gasteiger partial charge is 0.381 e. The van der Waals surface area contributed by atoms with Gasteiger partial charge in [-0.2, -0.15) is 0 Å². The molecule has 5 nitrogen and oxygen atoms in total. The van der Waals surface area contributed by atoms with Crippen LogP contribution < -0.4 is 11.1 Å². The molecule has 0 spiro atoms. The lowest BCUT2D eigenvalue weighted by Gasteiger charge is -2.24. The van der Waals surface area contributed by atoms with E-state index in [1.54, 1.807) is 12.1 Å². The molecule has 21 heavy (non-hydrogen) atoms. The van der Waals surface area contributed by atoms with Gasteiger partial charge in [0.05, 0.1) is 4.90 Å². The second-order valence-electron chi connectivity index (χ2n) is 5.84. The highest BCUT2D eigenvalue weighted by Crippen LogP contribution is 2.29. The normalized spacial score (nSPS) is 18.1. The molecule has 1 saturated carbocycles. The van der Waals surface area contributed by atoms with E-state index in [1.165, 1.54) is 44.1 Å². The summed E-state index contributed by atoms with van der Waals surface area (Å²) < 4.78 is 25.3. The van der Waals surface area contributed by atoms with Gasteiger partial charge >= 0.3 is 0 Å². The Hall–Kier alpha value is -1.11. The molecule has 3 N–H and O–H groups in total. The van der Waals surface area contributed by atoms with Crippen LogP contribution in [0.2, 0.25) is 0 Å². The second kappa shape index (κ2) is 6.77. The summed E-state index contributed by atoms with van der Waals surface area (Å²) in [7, 11) is -0.295. The van der Waals surface area contributed by atoms with Crippen LogP contribution in [0, 0.1) is 5.92 Å². The Labute approximate surface area is 127 Å². The standard InChI is InChI=1S/C15H25N3O2S/c1-18(2)21(19,20)14-9-7-13(8-10-14)17-15(11-16)12-5-3-4-6-12/h7-10,12,15,17H,3-6,11,16H2,1-2H3. The lowest BCUT2D eigenvalue weighted by atomic mass is 9.98. The van der Waals surface area contributed by atoms with Crippen molar-refractivity contribution in [1.82, 2.24) is 4.31 Å². The summed E-state index contributed by atoms with van der Waals surface area (Å²) in [6.07, 6.45) is 5.01. The van der Waals surface area contributed by atoms with E-state index in [0.717, 1.165) is 5.69 Å². The molecule has 1 atom stereocenters. The van der Waals surface area contributed by atoms with Gasteiger partial charge in [0.1, 0.15) is 0 Å². The van der Waals surface area contributed by atoms with Gasteiger partial charge in [-0.1, -0.05) is 12.8 Å². The van der Waals surface area contributed by atoms with Crippen molar-refractivity contribution in [2.45, 2.75) is 36.6 Å². The Balaban J connectivity index is 2.08. The zero-order valence-electron chi connectivity index (χ0n) is 12.7. The van der Waals surface area contributed by atoms with Crippen molar-refractivity contribution >= 4 is 15.7 Å². The molecule has 1 unspecified atom stereocenters. The molecule has 1 aliphatic carbocycles. The Morgan fingerprint density at radius 1 is 1.24 bits per heavy atom. The number of nitrogens with two attached hydrogens (primary N) is 1. The van der Waals surface area contributed by atoms with E-state index in [0.29, 0.717) is 17.4 Å². The minimum atomic E-state index is -3.36. The van der Waals surface area contributed by atoms with Crippen LogP contribution in [0.4, 0.5) is 5.69 Å². The molecule has 0 aliphatic heterocycles. The number of hydrogen-bond acceptors (Lipinski definition) is 4. The first-order valence-electron chi connectivity index (χ1n) is 7.44. The van der Waals surface area contributed by atoms with Crippen molar-refractivity contribution in [1.29, 1.82) is 0 Å². The Kier molecular flexibility index (Phi) is 5.24. The molecule has 0 bridgehead atoms. The molecule has 1 fully saturated rings. The van der Waals surface area contributed by atoms with Crippen LogP contribution in [0.25, 0.3) is 0 Å². The van der Waals surface area contributed by atoms with E-state index in [-0.39, 0.29) is 6.04 Å². The summed E-state index contributed by atoms with van der Waals surface area (Å²) >= 11 is 0. The van der Waals surface area contributed by atoms with Gasteiger partial charge in [-0.3, -0.25) is 0 Å². The molecule has 0 aromatic heterocycles. The van der Waals surface area contributed by atoms with Gasteiger partial charge in [0.25, 0.3) is 0 Å². The Morgan fingerprint density at radius 2 is 1.81 bits per heavy atom. The van der Waals surface area contributed by atoms with Crippen LogP contribution in [0.5, 0.6) is 0 Å². The fourth-order valence-electron chi connectivity index (χ4n) is 2.88. The Bertz CT molecular complexity index is 549. The third kappa shape index (κ3) is 3.75. The molecule has 1 aliphatic rings. The molecular formula is C15H25N3O2S. The van der Waals surface area contributed by atoms with Crippen LogP contribution >= 0.6 is 0 Å². The van der Waals surface area contributed by atoms with Gasteiger partial charge in [0.2, 0.25) is 10.0 Å². The number of sulfonamides is 1. The van der Waals surface area contributed by atoms with Crippen molar-refractivity contribution in [3.05, 3.63) is 24.3 Å². The van der Waals surface area contributed by atoms with Crippen LogP contribution in [0.1, 0.15) is 25.7 Å². The molecular weight excluding hydrogens is 286 g/mol. The van der Waals surface area contributed by atoms with Crippen LogP contribution in [-0.2, 0) is 10.0 Å². The maximum Gasteiger partial charge on any atom is 0.242 e. The molecule has 1 aromatic rings.